The van der Waals surface area contributed by atoms with Crippen molar-refractivity contribution < 1.29 is 38.4 Å². The van der Waals surface area contributed by atoms with E-state index in [0.29, 0.717) is 34.0 Å². The molecule has 0 amide bonds. The lowest BCUT2D eigenvalue weighted by atomic mass is 10.00. The lowest BCUT2D eigenvalue weighted by Gasteiger charge is -2.14. The van der Waals surface area contributed by atoms with E-state index in [9.17, 15) is 14.7 Å². The van der Waals surface area contributed by atoms with E-state index in [0.717, 1.165) is 22.3 Å². The quantitative estimate of drug-likeness (QED) is 0.0746. The first-order valence-corrected chi connectivity index (χ1v) is 13.3. The fourth-order valence-corrected chi connectivity index (χ4v) is 3.55. The highest BCUT2D eigenvalue weighted by Crippen LogP contribution is 2.32. The Kier molecular flexibility index (Phi) is 11.5. The summed E-state index contributed by atoms with van der Waals surface area (Å²) in [5.41, 5.74) is 4.88. The van der Waals surface area contributed by atoms with Crippen LogP contribution in [0.25, 0.3) is 22.3 Å². The van der Waals surface area contributed by atoms with Crippen molar-refractivity contribution in [2.75, 3.05) is 26.4 Å². The molecule has 0 bridgehead atoms. The minimum atomic E-state index is -1.05. The third-order valence-corrected chi connectivity index (χ3v) is 5.82. The number of hydrogen-bond donors (Lipinski definition) is 1. The van der Waals surface area contributed by atoms with Crippen LogP contribution in [0.15, 0.2) is 103 Å². The molecule has 8 nitrogen and oxygen atoms in total. The Hall–Kier alpha value is -4.82. The molecule has 0 radical (unpaired) electrons. The second kappa shape index (κ2) is 15.3. The Balaban J connectivity index is 1.74. The number of benzene rings is 3. The summed E-state index contributed by atoms with van der Waals surface area (Å²) < 4.78 is 27.4. The Morgan fingerprint density at radius 3 is 1.43 bits per heavy atom. The third kappa shape index (κ3) is 9.67. The van der Waals surface area contributed by atoms with Crippen LogP contribution in [0.5, 0.6) is 17.2 Å². The van der Waals surface area contributed by atoms with Crippen LogP contribution >= 0.6 is 0 Å². The first-order valence-electron chi connectivity index (χ1n) is 13.3. The van der Waals surface area contributed by atoms with E-state index in [4.69, 9.17) is 23.7 Å². The van der Waals surface area contributed by atoms with Crippen molar-refractivity contribution in [2.45, 2.75) is 27.1 Å². The first kappa shape index (κ1) is 31.7. The molecule has 1 unspecified atom stereocenters. The fraction of sp³-hybridized carbons (Fsp3) is 0.235. The van der Waals surface area contributed by atoms with Gasteiger partial charge in [-0.2, -0.15) is 0 Å². The second-order valence-electron chi connectivity index (χ2n) is 9.64. The summed E-state index contributed by atoms with van der Waals surface area (Å²) in [6, 6.07) is 20.8. The van der Waals surface area contributed by atoms with Gasteiger partial charge >= 0.3 is 11.9 Å². The van der Waals surface area contributed by atoms with Crippen LogP contribution in [0.3, 0.4) is 0 Å². The summed E-state index contributed by atoms with van der Waals surface area (Å²) in [6.45, 7) is 16.1. The van der Waals surface area contributed by atoms with Gasteiger partial charge in [0, 0.05) is 17.2 Å². The maximum atomic E-state index is 11.6. The van der Waals surface area contributed by atoms with Crippen LogP contribution in [0.1, 0.15) is 20.8 Å². The van der Waals surface area contributed by atoms with E-state index >= 15 is 0 Å². The number of carbonyl (C=O) groups excluding carboxylic acids is 2. The second-order valence-corrected chi connectivity index (χ2v) is 9.64. The van der Waals surface area contributed by atoms with Gasteiger partial charge in [0.25, 0.3) is 0 Å². The van der Waals surface area contributed by atoms with Crippen LogP contribution in [-0.4, -0.2) is 49.8 Å². The largest absolute Gasteiger partial charge is 0.490 e. The summed E-state index contributed by atoms with van der Waals surface area (Å²) in [5, 5.41) is 9.86. The van der Waals surface area contributed by atoms with Crippen molar-refractivity contribution in [1.29, 1.82) is 0 Å². The number of carbonyl (C=O) groups is 2. The van der Waals surface area contributed by atoms with Gasteiger partial charge in [-0.15, -0.1) is 0 Å². The molecule has 0 aliphatic rings. The van der Waals surface area contributed by atoms with Crippen molar-refractivity contribution in [3.8, 4) is 39.5 Å². The zero-order valence-electron chi connectivity index (χ0n) is 24.2. The van der Waals surface area contributed by atoms with Gasteiger partial charge in [-0.1, -0.05) is 56.1 Å². The van der Waals surface area contributed by atoms with Crippen LogP contribution in [-0.2, 0) is 19.1 Å². The van der Waals surface area contributed by atoms with E-state index in [1.54, 1.807) is 39.0 Å². The number of aliphatic hydroxyl groups excluding tert-OH is 1. The highest BCUT2D eigenvalue weighted by molar-refractivity contribution is 5.87. The molecular weight excluding hydrogens is 536 g/mol. The number of rotatable bonds is 15. The lowest BCUT2D eigenvalue weighted by Crippen LogP contribution is -2.15. The van der Waals surface area contributed by atoms with E-state index in [2.05, 4.69) is 19.7 Å². The summed E-state index contributed by atoms with van der Waals surface area (Å²) in [6.07, 6.45) is -1.05. The molecule has 0 saturated heterocycles. The van der Waals surface area contributed by atoms with E-state index < -0.39 is 18.2 Å². The van der Waals surface area contributed by atoms with Gasteiger partial charge in [-0.05, 0) is 72.9 Å². The molecule has 220 valence electrons. The number of ether oxygens (including phenoxy) is 5. The molecule has 0 aliphatic carbocycles. The topological polar surface area (TPSA) is 101 Å². The Labute approximate surface area is 246 Å². The van der Waals surface area contributed by atoms with Crippen molar-refractivity contribution >= 4 is 11.9 Å². The smallest absolute Gasteiger partial charge is 0.333 e. The zero-order valence-corrected chi connectivity index (χ0v) is 24.2. The predicted molar refractivity (Wildman–Crippen MR) is 161 cm³/mol. The van der Waals surface area contributed by atoms with E-state index in [1.807, 2.05) is 48.5 Å². The third-order valence-electron chi connectivity index (χ3n) is 5.82. The van der Waals surface area contributed by atoms with Gasteiger partial charge in [0.05, 0.1) is 0 Å². The van der Waals surface area contributed by atoms with Crippen molar-refractivity contribution in [3.05, 3.63) is 103 Å². The zero-order chi connectivity index (χ0) is 30.6. The molecule has 42 heavy (non-hydrogen) atoms. The number of hydrogen-bond acceptors (Lipinski definition) is 8. The molecule has 3 rings (SSSR count). The summed E-state index contributed by atoms with van der Waals surface area (Å²) in [7, 11) is 0. The van der Waals surface area contributed by atoms with Crippen LogP contribution in [0.2, 0.25) is 0 Å². The molecule has 1 N–H and O–H groups in total. The maximum Gasteiger partial charge on any atom is 0.333 e. The maximum absolute atomic E-state index is 11.6. The normalized spacial score (nSPS) is 11.1. The van der Waals surface area contributed by atoms with Gasteiger partial charge in [-0.3, -0.25) is 0 Å². The molecular formula is C34H36O8. The summed E-state index contributed by atoms with van der Waals surface area (Å²) >= 11 is 0. The molecule has 1 atom stereocenters. The van der Waals surface area contributed by atoms with E-state index in [-0.39, 0.29) is 26.4 Å². The number of aliphatic hydroxyl groups is 1. The summed E-state index contributed by atoms with van der Waals surface area (Å²) in [4.78, 5) is 23.3. The molecule has 0 aliphatic heterocycles. The molecule has 0 saturated carbocycles. The standard InChI is InChI=1S/C34H36O8/c1-22(2)32(35)40-17-15-38-30-19-28(20-31(21-30)39-16-18-41-33(36)23(3)4)27-9-7-25(8-10-27)26-11-13-29(14-12-26)42-34(37)24(5)6/h7-14,19-21,34,37H,1,3,5,15-18H2,2,4,6H3. The number of esters is 2. The van der Waals surface area contributed by atoms with Gasteiger partial charge in [0.15, 0.2) is 0 Å². The highest BCUT2D eigenvalue weighted by atomic mass is 16.6. The molecule has 8 heteroatoms. The van der Waals surface area contributed by atoms with Crippen molar-refractivity contribution in [2.24, 2.45) is 0 Å². The minimum Gasteiger partial charge on any atom is -0.490 e. The summed E-state index contributed by atoms with van der Waals surface area (Å²) in [5.74, 6) is 0.618. The van der Waals surface area contributed by atoms with Crippen molar-refractivity contribution in [1.82, 2.24) is 0 Å². The average molecular weight is 573 g/mol. The lowest BCUT2D eigenvalue weighted by molar-refractivity contribution is -0.140. The SMILES string of the molecule is C=C(C)C(=O)OCCOc1cc(OCCOC(=O)C(=C)C)cc(-c2ccc(-c3ccc(OC(O)C(=C)C)cc3)cc2)c1. The van der Waals surface area contributed by atoms with E-state index in [1.165, 1.54) is 0 Å². The molecule has 3 aromatic carbocycles. The van der Waals surface area contributed by atoms with Gasteiger partial charge in [0.1, 0.15) is 43.7 Å². The van der Waals surface area contributed by atoms with Gasteiger partial charge < -0.3 is 28.8 Å². The Morgan fingerprint density at radius 2 is 1.02 bits per heavy atom. The first-order chi connectivity index (χ1) is 20.0. The molecule has 0 aromatic heterocycles. The van der Waals surface area contributed by atoms with Crippen molar-refractivity contribution in [3.63, 3.8) is 0 Å². The monoisotopic (exact) mass is 572 g/mol. The van der Waals surface area contributed by atoms with Gasteiger partial charge in [-0.25, -0.2) is 9.59 Å². The molecule has 0 fully saturated rings. The Bertz CT molecular complexity index is 1370. The predicted octanol–water partition coefficient (Wildman–Crippen LogP) is 6.29. The van der Waals surface area contributed by atoms with Crippen LogP contribution < -0.4 is 14.2 Å². The molecule has 3 aromatic rings. The Morgan fingerprint density at radius 1 is 0.619 bits per heavy atom. The molecule has 0 heterocycles. The fourth-order valence-electron chi connectivity index (χ4n) is 3.55. The highest BCUT2D eigenvalue weighted by Gasteiger charge is 2.10. The van der Waals surface area contributed by atoms with Gasteiger partial charge in [0.2, 0.25) is 6.29 Å². The average Bonchev–Trinajstić information content (AvgIpc) is 2.97. The molecule has 0 spiro atoms. The van der Waals surface area contributed by atoms with Crippen LogP contribution in [0.4, 0.5) is 0 Å². The minimum absolute atomic E-state index is 0.0631. The van der Waals surface area contributed by atoms with Crippen LogP contribution in [0, 0.1) is 0 Å².